The van der Waals surface area contributed by atoms with Gasteiger partial charge in [-0.15, -0.1) is 11.3 Å². The van der Waals surface area contributed by atoms with E-state index < -0.39 is 0 Å². The largest absolute Gasteiger partial charge is 0.447 e. The average Bonchev–Trinajstić information content (AvgIpc) is 3.11. The molecule has 0 aliphatic heterocycles. The van der Waals surface area contributed by atoms with E-state index in [1.54, 1.807) is 30.6 Å². The quantitative estimate of drug-likeness (QED) is 0.740. The number of benzene rings is 1. The van der Waals surface area contributed by atoms with Gasteiger partial charge >= 0.3 is 6.09 Å². The fraction of sp³-hybridized carbons (Fsp3) is 0.500. The number of nitrogens with one attached hydrogen (secondary N) is 2. The van der Waals surface area contributed by atoms with Gasteiger partial charge in [0, 0.05) is 36.5 Å². The molecular weight excluding hydrogens is 365 g/mol. The van der Waals surface area contributed by atoms with Crippen LogP contribution in [-0.2, 0) is 4.74 Å². The van der Waals surface area contributed by atoms with Crippen molar-refractivity contribution in [3.05, 3.63) is 35.2 Å². The van der Waals surface area contributed by atoms with Crippen LogP contribution in [0.5, 0.6) is 0 Å². The Morgan fingerprint density at radius 3 is 2.67 bits per heavy atom. The number of carbonyl (C=O) groups is 1. The third-order valence-corrected chi connectivity index (χ3v) is 5.98. The molecule has 3 rings (SSSR count). The molecule has 2 N–H and O–H groups in total. The van der Waals surface area contributed by atoms with Gasteiger partial charge in [0.15, 0.2) is 0 Å². The van der Waals surface area contributed by atoms with Crippen LogP contribution < -0.4 is 10.6 Å². The second kappa shape index (κ2) is 8.69. The minimum atomic E-state index is -0.342. The van der Waals surface area contributed by atoms with E-state index >= 15 is 0 Å². The Morgan fingerprint density at radius 1 is 1.30 bits per heavy atom. The predicted molar refractivity (Wildman–Crippen MR) is 107 cm³/mol. The second-order valence-corrected chi connectivity index (χ2v) is 8.22. The lowest BCUT2D eigenvalue weighted by Gasteiger charge is -2.28. The van der Waals surface area contributed by atoms with Crippen LogP contribution >= 0.6 is 11.3 Å². The normalized spacial score (nSPS) is 19.7. The molecule has 1 fully saturated rings. The molecule has 7 heteroatoms. The van der Waals surface area contributed by atoms with E-state index in [0.29, 0.717) is 11.5 Å². The van der Waals surface area contributed by atoms with Gasteiger partial charge in [0.1, 0.15) is 5.82 Å². The zero-order valence-electron chi connectivity index (χ0n) is 15.9. The highest BCUT2D eigenvalue weighted by molar-refractivity contribution is 7.15. The summed E-state index contributed by atoms with van der Waals surface area (Å²) in [5.74, 6) is 0.121. The zero-order valence-corrected chi connectivity index (χ0v) is 16.7. The molecule has 0 atom stereocenters. The van der Waals surface area contributed by atoms with Crippen molar-refractivity contribution < 1.29 is 13.9 Å². The van der Waals surface area contributed by atoms with Gasteiger partial charge in [0.05, 0.1) is 16.0 Å². The van der Waals surface area contributed by atoms with Crippen molar-refractivity contribution in [1.29, 1.82) is 0 Å². The Labute approximate surface area is 163 Å². The van der Waals surface area contributed by atoms with Crippen LogP contribution in [-0.4, -0.2) is 30.3 Å². The number of rotatable bonds is 5. The average molecular weight is 392 g/mol. The lowest BCUT2D eigenvalue weighted by Crippen LogP contribution is -2.38. The number of halogens is 1. The second-order valence-electron chi connectivity index (χ2n) is 7.15. The number of nitrogens with zero attached hydrogens (tertiary/aromatic N) is 1. The van der Waals surface area contributed by atoms with Crippen molar-refractivity contribution in [3.63, 3.8) is 0 Å². The molecule has 146 valence electrons. The maximum atomic E-state index is 14.3. The van der Waals surface area contributed by atoms with Gasteiger partial charge in [0.2, 0.25) is 0 Å². The Hall–Kier alpha value is -2.15. The Bertz CT molecular complexity index is 785. The van der Waals surface area contributed by atoms with Gasteiger partial charge in [-0.25, -0.2) is 14.2 Å². The van der Waals surface area contributed by atoms with Crippen molar-refractivity contribution >= 4 is 23.1 Å². The number of amides is 1. The van der Waals surface area contributed by atoms with Crippen LogP contribution in [0.15, 0.2) is 24.4 Å². The van der Waals surface area contributed by atoms with Crippen LogP contribution in [0.1, 0.15) is 50.5 Å². The first-order valence-electron chi connectivity index (χ1n) is 9.36. The fourth-order valence-corrected chi connectivity index (χ4v) is 4.48. The Balaban J connectivity index is 1.59. The van der Waals surface area contributed by atoms with Gasteiger partial charge in [-0.2, -0.15) is 0 Å². The van der Waals surface area contributed by atoms with E-state index in [1.807, 2.05) is 19.9 Å². The van der Waals surface area contributed by atoms with Crippen molar-refractivity contribution in [3.8, 4) is 10.4 Å². The third kappa shape index (κ3) is 4.97. The summed E-state index contributed by atoms with van der Waals surface area (Å²) < 4.78 is 19.5. The fourth-order valence-electron chi connectivity index (χ4n) is 3.37. The molecule has 1 heterocycles. The monoisotopic (exact) mass is 391 g/mol. The number of hydrogen-bond donors (Lipinski definition) is 2. The number of ether oxygens (including phenoxy) is 1. The first-order chi connectivity index (χ1) is 13.0. The molecule has 1 aromatic carbocycles. The first-order valence-corrected chi connectivity index (χ1v) is 10.2. The summed E-state index contributed by atoms with van der Waals surface area (Å²) in [6, 6.07) is 5.31. The van der Waals surface area contributed by atoms with Crippen molar-refractivity contribution in [2.75, 3.05) is 12.4 Å². The standard InChI is InChI=1S/C20H26FN3O2S/c1-12(2)26-20(25)24-14-6-4-13(5-7-14)19-23-11-18(27-19)16-9-8-15(22-3)10-17(16)21/h8-14,22H,4-7H2,1-3H3,(H,24,25). The number of hydrogen-bond acceptors (Lipinski definition) is 5. The van der Waals surface area contributed by atoms with Gasteiger partial charge < -0.3 is 15.4 Å². The Morgan fingerprint density at radius 2 is 2.04 bits per heavy atom. The topological polar surface area (TPSA) is 63.2 Å². The van der Waals surface area contributed by atoms with Gasteiger partial charge in [-0.1, -0.05) is 0 Å². The molecule has 2 aromatic rings. The van der Waals surface area contributed by atoms with Crippen molar-refractivity contribution in [2.24, 2.45) is 0 Å². The molecule has 0 saturated heterocycles. The molecule has 1 saturated carbocycles. The van der Waals surface area contributed by atoms with Crippen LogP contribution in [0.25, 0.3) is 10.4 Å². The van der Waals surface area contributed by atoms with E-state index in [0.717, 1.165) is 41.3 Å². The third-order valence-electron chi connectivity index (χ3n) is 4.79. The number of anilines is 1. The van der Waals surface area contributed by atoms with E-state index in [-0.39, 0.29) is 24.1 Å². The van der Waals surface area contributed by atoms with E-state index in [1.165, 1.54) is 6.07 Å². The van der Waals surface area contributed by atoms with E-state index in [2.05, 4.69) is 15.6 Å². The molecule has 5 nitrogen and oxygen atoms in total. The summed E-state index contributed by atoms with van der Waals surface area (Å²) in [5.41, 5.74) is 1.34. The summed E-state index contributed by atoms with van der Waals surface area (Å²) in [7, 11) is 1.77. The summed E-state index contributed by atoms with van der Waals surface area (Å²) in [5, 5.41) is 6.92. The molecule has 1 aromatic heterocycles. The van der Waals surface area contributed by atoms with E-state index in [9.17, 15) is 9.18 Å². The number of alkyl carbamates (subject to hydrolysis) is 1. The minimum absolute atomic E-state index is 0.113. The molecule has 0 bridgehead atoms. The summed E-state index contributed by atoms with van der Waals surface area (Å²) in [4.78, 5) is 17.1. The molecule has 1 aliphatic carbocycles. The molecule has 1 aliphatic rings. The molecule has 0 radical (unpaired) electrons. The highest BCUT2D eigenvalue weighted by Crippen LogP contribution is 2.38. The molecule has 0 spiro atoms. The number of aromatic nitrogens is 1. The summed E-state index contributed by atoms with van der Waals surface area (Å²) in [6.45, 7) is 3.68. The SMILES string of the molecule is CNc1ccc(-c2cnc(C3CCC(NC(=O)OC(C)C)CC3)s2)c(F)c1. The van der Waals surface area contributed by atoms with Crippen molar-refractivity contribution in [1.82, 2.24) is 10.3 Å². The van der Waals surface area contributed by atoms with Gasteiger partial charge in [-0.05, 0) is 57.7 Å². The molecule has 1 amide bonds. The molecular formula is C20H26FN3O2S. The number of carbonyl (C=O) groups excluding carboxylic acids is 1. The predicted octanol–water partition coefficient (Wildman–Crippen LogP) is 5.15. The van der Waals surface area contributed by atoms with Crippen LogP contribution in [0.3, 0.4) is 0 Å². The van der Waals surface area contributed by atoms with Crippen LogP contribution in [0, 0.1) is 5.82 Å². The van der Waals surface area contributed by atoms with E-state index in [4.69, 9.17) is 4.74 Å². The van der Waals surface area contributed by atoms with Crippen LogP contribution in [0.2, 0.25) is 0 Å². The highest BCUT2D eigenvalue weighted by atomic mass is 32.1. The van der Waals surface area contributed by atoms with Gasteiger partial charge in [-0.3, -0.25) is 0 Å². The summed E-state index contributed by atoms with van der Waals surface area (Å²) >= 11 is 1.56. The maximum absolute atomic E-state index is 14.3. The van der Waals surface area contributed by atoms with Gasteiger partial charge in [0.25, 0.3) is 0 Å². The lowest BCUT2D eigenvalue weighted by atomic mass is 9.86. The zero-order chi connectivity index (χ0) is 19.4. The smallest absolute Gasteiger partial charge is 0.407 e. The lowest BCUT2D eigenvalue weighted by molar-refractivity contribution is 0.109. The molecule has 0 unspecified atom stereocenters. The number of thiazole rings is 1. The maximum Gasteiger partial charge on any atom is 0.407 e. The van der Waals surface area contributed by atoms with Crippen LogP contribution in [0.4, 0.5) is 14.9 Å². The minimum Gasteiger partial charge on any atom is -0.447 e. The highest BCUT2D eigenvalue weighted by Gasteiger charge is 2.26. The summed E-state index contributed by atoms with van der Waals surface area (Å²) in [6.07, 6.45) is 5.03. The molecule has 27 heavy (non-hydrogen) atoms. The van der Waals surface area contributed by atoms with Crippen molar-refractivity contribution in [2.45, 2.75) is 57.6 Å². The first kappa shape index (κ1) is 19.6. The Kier molecular flexibility index (Phi) is 6.31.